The van der Waals surface area contributed by atoms with Crippen molar-refractivity contribution in [2.24, 2.45) is 0 Å². The van der Waals surface area contributed by atoms with Gasteiger partial charge in [-0.05, 0) is 34.7 Å². The summed E-state index contributed by atoms with van der Waals surface area (Å²) in [5.41, 5.74) is 5.30. The van der Waals surface area contributed by atoms with Crippen LogP contribution < -0.4 is 10.6 Å². The normalized spacial score (nSPS) is 13.5. The minimum Gasteiger partial charge on any atom is -0.480 e. The zero-order valence-corrected chi connectivity index (χ0v) is 22.4. The smallest absolute Gasteiger partial charge is 0.413 e. The number of carboxylic acid groups (broad SMARTS) is 1. The molecule has 204 valence electrons. The van der Waals surface area contributed by atoms with E-state index >= 15 is 0 Å². The first-order chi connectivity index (χ1) is 19.4. The summed E-state index contributed by atoms with van der Waals surface area (Å²) in [6.07, 6.45) is -1.51. The molecular formula is C30H27N3O6S. The van der Waals surface area contributed by atoms with Crippen LogP contribution in [-0.4, -0.2) is 46.8 Å². The van der Waals surface area contributed by atoms with Crippen LogP contribution in [0.2, 0.25) is 0 Å². The Balaban J connectivity index is 1.16. The van der Waals surface area contributed by atoms with Crippen LogP contribution in [0.5, 0.6) is 0 Å². The molecular weight excluding hydrogens is 530 g/mol. The molecule has 9 nitrogen and oxygen atoms in total. The Hall–Kier alpha value is -4.54. The second kappa shape index (κ2) is 12.1. The van der Waals surface area contributed by atoms with E-state index in [0.717, 1.165) is 39.2 Å². The maximum atomic E-state index is 12.7. The molecule has 2 amide bonds. The SMILES string of the molecule is CC(OCc1ccccc1)C(NC(=O)c1csc(NC(=O)OCC2c3ccccc3-c3ccccc32)n1)C(=O)O. The molecule has 2 atom stereocenters. The van der Waals surface area contributed by atoms with E-state index < -0.39 is 30.1 Å². The summed E-state index contributed by atoms with van der Waals surface area (Å²) in [6.45, 7) is 1.92. The van der Waals surface area contributed by atoms with E-state index in [4.69, 9.17) is 9.47 Å². The maximum absolute atomic E-state index is 12.7. The van der Waals surface area contributed by atoms with Crippen molar-refractivity contribution in [3.05, 3.63) is 107 Å². The van der Waals surface area contributed by atoms with Gasteiger partial charge >= 0.3 is 12.1 Å². The Labute approximate surface area is 234 Å². The number of aromatic nitrogens is 1. The van der Waals surface area contributed by atoms with Crippen molar-refractivity contribution in [3.63, 3.8) is 0 Å². The van der Waals surface area contributed by atoms with E-state index in [1.165, 1.54) is 5.38 Å². The molecule has 4 aromatic rings. The summed E-state index contributed by atoms with van der Waals surface area (Å²) >= 11 is 1.03. The lowest BCUT2D eigenvalue weighted by molar-refractivity contribution is -0.143. The molecule has 5 rings (SSSR count). The van der Waals surface area contributed by atoms with Gasteiger partial charge in [0, 0.05) is 11.3 Å². The van der Waals surface area contributed by atoms with Crippen molar-refractivity contribution < 1.29 is 29.0 Å². The van der Waals surface area contributed by atoms with Crippen LogP contribution >= 0.6 is 11.3 Å². The van der Waals surface area contributed by atoms with Gasteiger partial charge < -0.3 is 19.9 Å². The Morgan fingerprint density at radius 1 is 0.950 bits per heavy atom. The number of amides is 2. The number of aliphatic carboxylic acids is 1. The minimum absolute atomic E-state index is 0.0274. The van der Waals surface area contributed by atoms with Gasteiger partial charge in [-0.2, -0.15) is 0 Å². The fourth-order valence-electron chi connectivity index (χ4n) is 4.65. The van der Waals surface area contributed by atoms with Crippen molar-refractivity contribution in [1.82, 2.24) is 10.3 Å². The summed E-state index contributed by atoms with van der Waals surface area (Å²) in [7, 11) is 0. The highest BCUT2D eigenvalue weighted by atomic mass is 32.1. The van der Waals surface area contributed by atoms with Gasteiger partial charge in [-0.3, -0.25) is 10.1 Å². The van der Waals surface area contributed by atoms with Gasteiger partial charge in [0.25, 0.3) is 5.91 Å². The quantitative estimate of drug-likeness (QED) is 0.242. The van der Waals surface area contributed by atoms with E-state index in [1.807, 2.05) is 66.7 Å². The number of carbonyl (C=O) groups is 3. The number of nitrogens with one attached hydrogen (secondary N) is 2. The lowest BCUT2D eigenvalue weighted by Crippen LogP contribution is -2.48. The summed E-state index contributed by atoms with van der Waals surface area (Å²) in [4.78, 5) is 41.2. The number of rotatable bonds is 10. The Kier molecular flexibility index (Phi) is 8.18. The first kappa shape index (κ1) is 27.0. The van der Waals surface area contributed by atoms with Gasteiger partial charge in [0.05, 0.1) is 12.7 Å². The Bertz CT molecular complexity index is 1480. The minimum atomic E-state index is -1.29. The molecule has 0 aliphatic heterocycles. The fourth-order valence-corrected chi connectivity index (χ4v) is 5.33. The van der Waals surface area contributed by atoms with E-state index in [-0.39, 0.29) is 30.0 Å². The number of thiazole rings is 1. The van der Waals surface area contributed by atoms with Gasteiger partial charge in [0.2, 0.25) is 0 Å². The predicted molar refractivity (Wildman–Crippen MR) is 150 cm³/mol. The fraction of sp³-hybridized carbons (Fsp3) is 0.200. The molecule has 40 heavy (non-hydrogen) atoms. The van der Waals surface area contributed by atoms with Gasteiger partial charge in [0.15, 0.2) is 11.2 Å². The average molecular weight is 558 g/mol. The zero-order chi connectivity index (χ0) is 28.1. The monoisotopic (exact) mass is 557 g/mol. The highest BCUT2D eigenvalue weighted by molar-refractivity contribution is 7.14. The van der Waals surface area contributed by atoms with Crippen molar-refractivity contribution >= 4 is 34.4 Å². The summed E-state index contributed by atoms with van der Waals surface area (Å²) in [5, 5.41) is 16.2. The Morgan fingerprint density at radius 3 is 2.23 bits per heavy atom. The molecule has 1 aliphatic carbocycles. The third-order valence-corrected chi connectivity index (χ3v) is 7.42. The molecule has 2 unspecified atom stereocenters. The number of carbonyl (C=O) groups excluding carboxylic acids is 2. The third-order valence-electron chi connectivity index (χ3n) is 6.67. The number of hydrogen-bond donors (Lipinski definition) is 3. The van der Waals surface area contributed by atoms with Crippen molar-refractivity contribution in [2.75, 3.05) is 11.9 Å². The van der Waals surface area contributed by atoms with Crippen LogP contribution in [0.1, 0.15) is 40.0 Å². The molecule has 0 bridgehead atoms. The molecule has 0 saturated heterocycles. The number of nitrogens with zero attached hydrogens (tertiary/aromatic N) is 1. The first-order valence-corrected chi connectivity index (χ1v) is 13.6. The Morgan fingerprint density at radius 2 is 1.57 bits per heavy atom. The van der Waals surface area contributed by atoms with Crippen LogP contribution in [0.25, 0.3) is 11.1 Å². The van der Waals surface area contributed by atoms with E-state index in [9.17, 15) is 19.5 Å². The second-order valence-electron chi connectivity index (χ2n) is 9.28. The molecule has 1 aromatic heterocycles. The molecule has 0 spiro atoms. The number of anilines is 1. The third kappa shape index (κ3) is 6.03. The zero-order valence-electron chi connectivity index (χ0n) is 21.6. The summed E-state index contributed by atoms with van der Waals surface area (Å²) < 4.78 is 11.2. The van der Waals surface area contributed by atoms with Gasteiger partial charge in [0.1, 0.15) is 12.3 Å². The number of benzene rings is 3. The topological polar surface area (TPSA) is 127 Å². The average Bonchev–Trinajstić information content (AvgIpc) is 3.56. The lowest BCUT2D eigenvalue weighted by Gasteiger charge is -2.21. The van der Waals surface area contributed by atoms with Gasteiger partial charge in [-0.15, -0.1) is 11.3 Å². The first-order valence-electron chi connectivity index (χ1n) is 12.7. The predicted octanol–water partition coefficient (Wildman–Crippen LogP) is 5.29. The standard InChI is InChI=1S/C30H27N3O6S/c1-18(38-15-19-9-3-2-4-10-19)26(28(35)36)32-27(34)25-17-40-29(31-25)33-30(37)39-16-24-22-13-7-5-11-20(22)21-12-6-8-14-23(21)24/h2-14,17-18,24,26H,15-16H2,1H3,(H,32,34)(H,35,36)(H,31,33,37). The number of fused-ring (bicyclic) bond motifs is 3. The molecule has 0 radical (unpaired) electrons. The molecule has 3 aromatic carbocycles. The molecule has 3 N–H and O–H groups in total. The van der Waals surface area contributed by atoms with Crippen molar-refractivity contribution in [3.8, 4) is 11.1 Å². The second-order valence-corrected chi connectivity index (χ2v) is 10.1. The highest BCUT2D eigenvalue weighted by Crippen LogP contribution is 2.44. The molecule has 0 fully saturated rings. The number of ether oxygens (including phenoxy) is 2. The van der Waals surface area contributed by atoms with Crippen LogP contribution in [0.4, 0.5) is 9.93 Å². The van der Waals surface area contributed by atoms with Crippen molar-refractivity contribution in [2.45, 2.75) is 31.6 Å². The van der Waals surface area contributed by atoms with Crippen molar-refractivity contribution in [1.29, 1.82) is 0 Å². The largest absolute Gasteiger partial charge is 0.480 e. The van der Waals surface area contributed by atoms with Crippen LogP contribution in [0.15, 0.2) is 84.2 Å². The van der Waals surface area contributed by atoms with E-state index in [2.05, 4.69) is 27.8 Å². The number of hydrogen-bond acceptors (Lipinski definition) is 7. The van der Waals surface area contributed by atoms with E-state index in [0.29, 0.717) is 0 Å². The van der Waals surface area contributed by atoms with Crippen LogP contribution in [-0.2, 0) is 20.9 Å². The van der Waals surface area contributed by atoms with Crippen LogP contribution in [0.3, 0.4) is 0 Å². The maximum Gasteiger partial charge on any atom is 0.413 e. The van der Waals surface area contributed by atoms with Crippen LogP contribution in [0, 0.1) is 0 Å². The number of carboxylic acids is 1. The van der Waals surface area contributed by atoms with E-state index in [1.54, 1.807) is 6.92 Å². The highest BCUT2D eigenvalue weighted by Gasteiger charge is 2.30. The molecule has 10 heteroatoms. The molecule has 0 saturated carbocycles. The molecule has 1 heterocycles. The summed E-state index contributed by atoms with van der Waals surface area (Å²) in [6, 6.07) is 24.1. The lowest BCUT2D eigenvalue weighted by atomic mass is 9.98. The molecule has 1 aliphatic rings. The summed E-state index contributed by atoms with van der Waals surface area (Å²) in [5.74, 6) is -2.02. The van der Waals surface area contributed by atoms with Gasteiger partial charge in [-0.25, -0.2) is 14.6 Å². The van der Waals surface area contributed by atoms with Gasteiger partial charge in [-0.1, -0.05) is 78.9 Å².